The predicted octanol–water partition coefficient (Wildman–Crippen LogP) is -0.655. The van der Waals surface area contributed by atoms with E-state index in [1.165, 1.54) is 0 Å². The molecular formula is H2BaLaOSn. The van der Waals surface area contributed by atoms with Crippen LogP contribution >= 0.6 is 0 Å². The van der Waals surface area contributed by atoms with Gasteiger partial charge >= 0.3 is 74.5 Å². The van der Waals surface area contributed by atoms with Crippen molar-refractivity contribution >= 4 is 71.4 Å². The van der Waals surface area contributed by atoms with Crippen LogP contribution < -0.4 is 0 Å². The van der Waals surface area contributed by atoms with Gasteiger partial charge in [0.05, 0.1) is 0 Å². The molecule has 0 saturated heterocycles. The maximum absolute atomic E-state index is 8.34. The predicted molar refractivity (Wildman–Crippen MR) is 14.4 cm³/mol. The molecule has 0 spiro atoms. The van der Waals surface area contributed by atoms with Gasteiger partial charge in [-0.2, -0.15) is 0 Å². The zero-order chi connectivity index (χ0) is 2.00. The first-order valence-corrected chi connectivity index (χ1v) is 1.37. The van der Waals surface area contributed by atoms with Gasteiger partial charge in [-0.25, -0.2) is 0 Å². The van der Waals surface area contributed by atoms with Crippen molar-refractivity contribution in [2.75, 3.05) is 0 Å². The van der Waals surface area contributed by atoms with Crippen molar-refractivity contribution in [2.45, 2.75) is 0 Å². The first-order valence-electron chi connectivity index (χ1n) is 0.204. The van der Waals surface area contributed by atoms with E-state index in [4.69, 9.17) is 3.08 Å². The molecule has 0 N–H and O–H groups in total. The summed E-state index contributed by atoms with van der Waals surface area (Å²) in [7, 11) is 0. The van der Waals surface area contributed by atoms with E-state index in [2.05, 4.69) is 0 Å². The summed E-state index contributed by atoms with van der Waals surface area (Å²) >= 11 is 0.300. The van der Waals surface area contributed by atoms with E-state index in [0.29, 0.717) is 22.5 Å². The number of hydrogen-bond acceptors (Lipinski definition) is 1. The minimum absolute atomic E-state index is 0. The standard InChI is InChI=1S/Ba.La.O.Sn.2H/q+2;;;;2*-1. The Morgan fingerprint density at radius 1 is 1.50 bits per heavy atom. The molecule has 0 heterocycles. The quantitative estimate of drug-likeness (QED) is 0.483. The molecule has 0 amide bonds. The van der Waals surface area contributed by atoms with Crippen molar-refractivity contribution < 1.29 is 41.5 Å². The van der Waals surface area contributed by atoms with Crippen molar-refractivity contribution in [1.29, 1.82) is 0 Å². The molecule has 4 heteroatoms. The molecule has 0 bridgehead atoms. The Hall–Kier alpha value is 3.36. The summed E-state index contributed by atoms with van der Waals surface area (Å²) in [6.07, 6.45) is 0. The molecule has 0 aromatic rings. The normalized spacial score (nSPS) is 1.00. The Labute approximate surface area is 110 Å². The average Bonchev–Trinajstić information content (AvgIpc) is 1.00. The summed E-state index contributed by atoms with van der Waals surface area (Å²) in [5.74, 6) is 0. The van der Waals surface area contributed by atoms with E-state index in [0.717, 1.165) is 0 Å². The Morgan fingerprint density at radius 3 is 1.50 bits per heavy atom. The van der Waals surface area contributed by atoms with Crippen LogP contribution in [0.2, 0.25) is 0 Å². The van der Waals surface area contributed by atoms with Crippen molar-refractivity contribution in [1.82, 2.24) is 0 Å². The van der Waals surface area contributed by atoms with Gasteiger partial charge in [-0.05, 0) is 0 Å². The van der Waals surface area contributed by atoms with Crippen LogP contribution in [0.5, 0.6) is 0 Å². The summed E-state index contributed by atoms with van der Waals surface area (Å²) in [6, 6.07) is 0. The van der Waals surface area contributed by atoms with Gasteiger partial charge in [-0.3, -0.25) is 0 Å². The summed E-state index contributed by atoms with van der Waals surface area (Å²) in [4.78, 5) is 0. The molecule has 0 atom stereocenters. The van der Waals surface area contributed by atoms with Crippen LogP contribution in [-0.2, 0) is 3.08 Å². The van der Waals surface area contributed by atoms with Crippen molar-refractivity contribution in [3.63, 3.8) is 0 Å². The Bertz CT molecular complexity index is 13.5. The van der Waals surface area contributed by atoms with Crippen LogP contribution in [0.4, 0.5) is 0 Å². The van der Waals surface area contributed by atoms with E-state index in [1.54, 1.807) is 0 Å². The van der Waals surface area contributed by atoms with Crippen LogP contribution in [0.25, 0.3) is 0 Å². The van der Waals surface area contributed by atoms with Gasteiger partial charge in [0.2, 0.25) is 0 Å². The van der Waals surface area contributed by atoms with E-state index in [1.807, 2.05) is 0 Å². The summed E-state index contributed by atoms with van der Waals surface area (Å²) in [6.45, 7) is 0. The fourth-order valence-electron chi connectivity index (χ4n) is 0. The Kier molecular flexibility index (Phi) is 63.3. The second-order valence-electron chi connectivity index (χ2n) is 0. The van der Waals surface area contributed by atoms with Crippen molar-refractivity contribution in [3.8, 4) is 0 Å². The fraction of sp³-hybridized carbons (Fsp3) is 0. The molecule has 0 aromatic carbocycles. The molecule has 0 fully saturated rings. The molecule has 0 saturated carbocycles. The van der Waals surface area contributed by atoms with Crippen LogP contribution in [0.3, 0.4) is 0 Å². The molecule has 3 radical (unpaired) electrons. The summed E-state index contributed by atoms with van der Waals surface area (Å²) in [5.41, 5.74) is 0. The van der Waals surface area contributed by atoms with Crippen molar-refractivity contribution in [3.05, 3.63) is 0 Å². The van der Waals surface area contributed by atoms with Gasteiger partial charge < -0.3 is 2.85 Å². The van der Waals surface area contributed by atoms with E-state index < -0.39 is 0 Å². The second kappa shape index (κ2) is 16.2. The van der Waals surface area contributed by atoms with Gasteiger partial charge in [0.1, 0.15) is 0 Å². The molecule has 0 rings (SSSR count). The van der Waals surface area contributed by atoms with Gasteiger partial charge in [-0.15, -0.1) is 0 Å². The van der Waals surface area contributed by atoms with Crippen molar-refractivity contribution in [2.24, 2.45) is 0 Å². The minimum atomic E-state index is 0. The first kappa shape index (κ1) is 15.7. The molecular weight excluding hydrogens is 411 g/mol. The zero-order valence-electron chi connectivity index (χ0n) is 4.19. The summed E-state index contributed by atoms with van der Waals surface area (Å²) < 4.78 is 8.34. The number of hydrogen-bond donors (Lipinski definition) is 0. The molecule has 0 unspecified atom stereocenters. The van der Waals surface area contributed by atoms with E-state index in [9.17, 15) is 0 Å². The molecule has 0 aliphatic carbocycles. The third-order valence-electron chi connectivity index (χ3n) is 0. The van der Waals surface area contributed by atoms with E-state index >= 15 is 0 Å². The van der Waals surface area contributed by atoms with Crippen LogP contribution in [0.1, 0.15) is 2.85 Å². The average molecular weight is 413 g/mol. The van der Waals surface area contributed by atoms with Gasteiger partial charge in [0.25, 0.3) is 0 Å². The summed E-state index contributed by atoms with van der Waals surface area (Å²) in [5, 5.41) is 0. The molecule has 0 aliphatic heterocycles. The molecule has 0 aromatic heterocycles. The maximum atomic E-state index is 8.34. The van der Waals surface area contributed by atoms with E-state index in [-0.39, 0.29) is 87.3 Å². The fourth-order valence-corrected chi connectivity index (χ4v) is 0. The van der Waals surface area contributed by atoms with Gasteiger partial charge in [-0.1, -0.05) is 0 Å². The first-order chi connectivity index (χ1) is 1.00. The molecule has 1 nitrogen and oxygen atoms in total. The monoisotopic (exact) mass is 415 g/mol. The molecule has 17 valence electrons. The number of rotatable bonds is 0. The Balaban J connectivity index is -0.000000000833. The topological polar surface area (TPSA) is 17.1 Å². The zero-order valence-corrected chi connectivity index (χ0v) is 13.1. The molecule has 0 aliphatic rings. The van der Waals surface area contributed by atoms with Gasteiger partial charge in [0.15, 0.2) is 0 Å². The third-order valence-corrected chi connectivity index (χ3v) is 0. The third kappa shape index (κ3) is 9.03. The molecule has 4 heavy (non-hydrogen) atoms. The van der Waals surface area contributed by atoms with Crippen LogP contribution in [0.15, 0.2) is 0 Å². The second-order valence-corrected chi connectivity index (χ2v) is 0. The Morgan fingerprint density at radius 2 is 1.50 bits per heavy atom. The van der Waals surface area contributed by atoms with Crippen LogP contribution in [-0.4, -0.2) is 71.4 Å². The van der Waals surface area contributed by atoms with Gasteiger partial charge in [0, 0.05) is 35.6 Å². The van der Waals surface area contributed by atoms with Crippen LogP contribution in [0, 0.1) is 35.6 Å². The SMILES string of the molecule is [Ba+2].[H-].[H-].[La].[O]=[Sn].